The number of benzene rings is 7. The summed E-state index contributed by atoms with van der Waals surface area (Å²) in [5.41, 5.74) is 9.54. The first kappa shape index (κ1) is 24.8. The largest absolute Gasteiger partial charge is 0.436 e. The summed E-state index contributed by atoms with van der Waals surface area (Å²) >= 11 is 0. The molecule has 0 amide bonds. The third-order valence-electron chi connectivity index (χ3n) is 8.14. The van der Waals surface area contributed by atoms with E-state index in [4.69, 9.17) is 9.40 Å². The molecule has 0 aliphatic heterocycles. The van der Waals surface area contributed by atoms with Gasteiger partial charge in [-0.25, -0.2) is 4.98 Å². The molecule has 0 aliphatic rings. The topological polar surface area (TPSA) is 49.8 Å². The van der Waals surface area contributed by atoms with Crippen LogP contribution >= 0.6 is 0 Å². The van der Waals surface area contributed by atoms with E-state index in [1.165, 1.54) is 21.7 Å². The van der Waals surface area contributed by atoms with E-state index in [1.807, 2.05) is 42.5 Å². The number of hydrogen-bond donors (Lipinski definition) is 0. The number of nitriles is 1. The second-order valence-electron chi connectivity index (χ2n) is 10.7. The van der Waals surface area contributed by atoms with Crippen LogP contribution in [0.15, 0.2) is 150 Å². The normalized spacial score (nSPS) is 11.2. The minimum Gasteiger partial charge on any atom is -0.436 e. The van der Waals surface area contributed by atoms with Gasteiger partial charge in [-0.05, 0) is 91.8 Å². The van der Waals surface area contributed by atoms with Crippen LogP contribution in [0.4, 0.5) is 0 Å². The van der Waals surface area contributed by atoms with Crippen molar-refractivity contribution in [1.29, 1.82) is 5.26 Å². The Hall–Kier alpha value is -5.98. The van der Waals surface area contributed by atoms with Crippen LogP contribution in [0.2, 0.25) is 0 Å². The number of fused-ring (bicyclic) bond motifs is 4. The Morgan fingerprint density at radius 2 is 1.09 bits per heavy atom. The zero-order valence-electron chi connectivity index (χ0n) is 23.2. The summed E-state index contributed by atoms with van der Waals surface area (Å²) in [6.45, 7) is 0. The second-order valence-corrected chi connectivity index (χ2v) is 10.7. The Kier molecular flexibility index (Phi) is 5.84. The maximum absolute atomic E-state index is 9.34. The third kappa shape index (κ3) is 4.34. The Morgan fingerprint density at radius 1 is 0.488 bits per heavy atom. The van der Waals surface area contributed by atoms with Crippen molar-refractivity contribution in [2.45, 2.75) is 0 Å². The van der Waals surface area contributed by atoms with Gasteiger partial charge in [0.25, 0.3) is 0 Å². The van der Waals surface area contributed by atoms with E-state index < -0.39 is 0 Å². The lowest BCUT2D eigenvalue weighted by atomic mass is 9.91. The van der Waals surface area contributed by atoms with Crippen LogP contribution in [0.5, 0.6) is 0 Å². The average Bonchev–Trinajstić information content (AvgIpc) is 3.52. The summed E-state index contributed by atoms with van der Waals surface area (Å²) in [5.74, 6) is 0.581. The van der Waals surface area contributed by atoms with Crippen molar-refractivity contribution in [2.24, 2.45) is 0 Å². The Balaban J connectivity index is 1.36. The van der Waals surface area contributed by atoms with Crippen molar-refractivity contribution in [3.05, 3.63) is 151 Å². The first-order chi connectivity index (χ1) is 21.2. The minimum atomic E-state index is 0.581. The van der Waals surface area contributed by atoms with Crippen molar-refractivity contribution < 1.29 is 4.42 Å². The zero-order chi connectivity index (χ0) is 28.8. The number of rotatable bonds is 4. The van der Waals surface area contributed by atoms with Crippen LogP contribution in [0, 0.1) is 11.3 Å². The number of aromatic nitrogens is 1. The molecule has 0 radical (unpaired) electrons. The molecule has 0 unspecified atom stereocenters. The quantitative estimate of drug-likeness (QED) is 0.206. The molecule has 8 aromatic rings. The summed E-state index contributed by atoms with van der Waals surface area (Å²) in [5, 5.41) is 14.1. The van der Waals surface area contributed by atoms with Gasteiger partial charge < -0.3 is 4.42 Å². The van der Waals surface area contributed by atoms with Gasteiger partial charge in [-0.15, -0.1) is 0 Å². The molecule has 7 aromatic carbocycles. The maximum Gasteiger partial charge on any atom is 0.227 e. The van der Waals surface area contributed by atoms with Crippen molar-refractivity contribution in [3.8, 4) is 50.9 Å². The molecule has 0 spiro atoms. The summed E-state index contributed by atoms with van der Waals surface area (Å²) in [6.07, 6.45) is 0. The first-order valence-corrected chi connectivity index (χ1v) is 14.3. The molecule has 1 aromatic heterocycles. The van der Waals surface area contributed by atoms with Gasteiger partial charge >= 0.3 is 0 Å². The monoisotopic (exact) mass is 548 g/mol. The molecule has 0 saturated heterocycles. The Morgan fingerprint density at radius 3 is 1.86 bits per heavy atom. The fourth-order valence-electron chi connectivity index (χ4n) is 5.98. The number of nitrogens with zero attached hydrogens (tertiary/aromatic N) is 2. The molecule has 200 valence electrons. The lowest BCUT2D eigenvalue weighted by Crippen LogP contribution is -1.88. The molecule has 8 rings (SSSR count). The molecule has 0 saturated carbocycles. The van der Waals surface area contributed by atoms with Crippen molar-refractivity contribution >= 4 is 32.6 Å². The van der Waals surface area contributed by atoms with E-state index in [0.717, 1.165) is 49.9 Å². The fraction of sp³-hybridized carbons (Fsp3) is 0. The number of hydrogen-bond acceptors (Lipinski definition) is 3. The third-order valence-corrected chi connectivity index (χ3v) is 8.14. The van der Waals surface area contributed by atoms with E-state index >= 15 is 0 Å². The molecule has 0 bridgehead atoms. The van der Waals surface area contributed by atoms with E-state index in [9.17, 15) is 5.26 Å². The van der Waals surface area contributed by atoms with Gasteiger partial charge in [0.1, 0.15) is 5.52 Å². The van der Waals surface area contributed by atoms with Gasteiger partial charge in [-0.1, -0.05) is 103 Å². The van der Waals surface area contributed by atoms with Gasteiger partial charge in [0.2, 0.25) is 5.89 Å². The van der Waals surface area contributed by atoms with Crippen LogP contribution in [0.25, 0.3) is 77.5 Å². The van der Waals surface area contributed by atoms with E-state index in [-0.39, 0.29) is 0 Å². The highest BCUT2D eigenvalue weighted by molar-refractivity contribution is 6.16. The summed E-state index contributed by atoms with van der Waals surface area (Å²) in [4.78, 5) is 5.10. The highest BCUT2D eigenvalue weighted by Crippen LogP contribution is 2.41. The smallest absolute Gasteiger partial charge is 0.227 e. The van der Waals surface area contributed by atoms with Crippen LogP contribution in [0.3, 0.4) is 0 Å². The van der Waals surface area contributed by atoms with Crippen molar-refractivity contribution in [2.75, 3.05) is 0 Å². The van der Waals surface area contributed by atoms with E-state index in [0.29, 0.717) is 11.5 Å². The van der Waals surface area contributed by atoms with Crippen LogP contribution < -0.4 is 0 Å². The van der Waals surface area contributed by atoms with Gasteiger partial charge in [0.05, 0.1) is 11.6 Å². The van der Waals surface area contributed by atoms with E-state index in [2.05, 4.69) is 109 Å². The van der Waals surface area contributed by atoms with Crippen molar-refractivity contribution in [1.82, 2.24) is 4.98 Å². The van der Waals surface area contributed by atoms with Gasteiger partial charge in [-0.2, -0.15) is 5.26 Å². The fourth-order valence-corrected chi connectivity index (χ4v) is 5.98. The Bertz CT molecular complexity index is 2330. The van der Waals surface area contributed by atoms with Gasteiger partial charge in [-0.3, -0.25) is 0 Å². The molecule has 0 atom stereocenters. The average molecular weight is 549 g/mol. The lowest BCUT2D eigenvalue weighted by Gasteiger charge is -2.13. The predicted octanol–water partition coefficient (Wildman–Crippen LogP) is 10.7. The molecule has 0 N–H and O–H groups in total. The zero-order valence-corrected chi connectivity index (χ0v) is 23.2. The van der Waals surface area contributed by atoms with Crippen molar-refractivity contribution in [3.63, 3.8) is 0 Å². The molecular formula is C40H24N2O. The van der Waals surface area contributed by atoms with Gasteiger partial charge in [0.15, 0.2) is 5.58 Å². The first-order valence-electron chi connectivity index (χ1n) is 14.3. The highest BCUT2D eigenvalue weighted by Gasteiger charge is 2.18. The summed E-state index contributed by atoms with van der Waals surface area (Å²) in [6, 6.07) is 52.2. The standard InChI is InChI=1S/C40H24N2O/c41-25-26-14-16-29(17-15-26)32-23-37(36-22-31-10-4-5-11-33(31)34-12-6-7-13-35(34)36)39-38(24-32)43-40(42-39)30-20-18-28(19-21-30)27-8-2-1-3-9-27/h1-24H. The molecule has 1 heterocycles. The molecular weight excluding hydrogens is 524 g/mol. The highest BCUT2D eigenvalue weighted by atomic mass is 16.3. The van der Waals surface area contributed by atoms with Crippen LogP contribution in [-0.4, -0.2) is 4.98 Å². The summed E-state index contributed by atoms with van der Waals surface area (Å²) < 4.78 is 6.50. The second kappa shape index (κ2) is 10.1. The summed E-state index contributed by atoms with van der Waals surface area (Å²) in [7, 11) is 0. The minimum absolute atomic E-state index is 0.581. The predicted molar refractivity (Wildman–Crippen MR) is 175 cm³/mol. The van der Waals surface area contributed by atoms with E-state index in [1.54, 1.807) is 0 Å². The SMILES string of the molecule is N#Cc1ccc(-c2cc(-c3cc4ccccc4c4ccccc34)c3nc(-c4ccc(-c5ccccc5)cc4)oc3c2)cc1. The van der Waals surface area contributed by atoms with Crippen LogP contribution in [0.1, 0.15) is 5.56 Å². The molecule has 0 fully saturated rings. The molecule has 3 heteroatoms. The lowest BCUT2D eigenvalue weighted by molar-refractivity contribution is 0.620. The maximum atomic E-state index is 9.34. The number of oxazole rings is 1. The molecule has 43 heavy (non-hydrogen) atoms. The molecule has 0 aliphatic carbocycles. The Labute approximate surface area is 248 Å². The van der Waals surface area contributed by atoms with Crippen LogP contribution in [-0.2, 0) is 0 Å². The van der Waals surface area contributed by atoms with Gasteiger partial charge in [0, 0.05) is 11.1 Å². The molecule has 3 nitrogen and oxygen atoms in total.